The summed E-state index contributed by atoms with van der Waals surface area (Å²) in [5.41, 5.74) is 1.25. The van der Waals surface area contributed by atoms with Gasteiger partial charge in [0, 0.05) is 16.1 Å². The molecular formula is C19H18Cl2N4O2. The molecule has 0 aliphatic heterocycles. The van der Waals surface area contributed by atoms with Crippen LogP contribution in [0.2, 0.25) is 10.0 Å². The topological polar surface area (TPSA) is 71.2 Å². The molecule has 0 saturated carbocycles. The lowest BCUT2D eigenvalue weighted by molar-refractivity contribution is 0.103. The lowest BCUT2D eigenvalue weighted by Gasteiger charge is -2.14. The summed E-state index contributed by atoms with van der Waals surface area (Å²) >= 11 is 12.4. The van der Waals surface area contributed by atoms with Crippen molar-refractivity contribution in [2.24, 2.45) is 0 Å². The van der Waals surface area contributed by atoms with E-state index >= 15 is 0 Å². The van der Waals surface area contributed by atoms with Gasteiger partial charge in [-0.25, -0.2) is 9.67 Å². The van der Waals surface area contributed by atoms with E-state index in [9.17, 15) is 9.90 Å². The molecule has 0 spiro atoms. The number of rotatable bonds is 6. The molecule has 27 heavy (non-hydrogen) atoms. The van der Waals surface area contributed by atoms with Crippen LogP contribution in [0.3, 0.4) is 0 Å². The summed E-state index contributed by atoms with van der Waals surface area (Å²) in [5, 5.41) is 14.6. The first-order chi connectivity index (χ1) is 12.9. The van der Waals surface area contributed by atoms with E-state index in [1.54, 1.807) is 47.1 Å². The fourth-order valence-corrected chi connectivity index (χ4v) is 3.10. The summed E-state index contributed by atoms with van der Waals surface area (Å²) in [7, 11) is 3.80. The van der Waals surface area contributed by atoms with Crippen molar-refractivity contribution in [3.63, 3.8) is 0 Å². The molecule has 140 valence electrons. The van der Waals surface area contributed by atoms with Crippen LogP contribution in [0.5, 0.6) is 0 Å². The summed E-state index contributed by atoms with van der Waals surface area (Å²) in [6.07, 6.45) is 0. The summed E-state index contributed by atoms with van der Waals surface area (Å²) in [6, 6.07) is 11.8. The monoisotopic (exact) mass is 404 g/mol. The van der Waals surface area contributed by atoms with Crippen LogP contribution < -0.4 is 0 Å². The van der Waals surface area contributed by atoms with E-state index in [1.165, 1.54) is 0 Å². The average molecular weight is 405 g/mol. The van der Waals surface area contributed by atoms with Crippen LogP contribution in [-0.4, -0.2) is 44.6 Å². The molecule has 0 amide bonds. The van der Waals surface area contributed by atoms with Gasteiger partial charge in [-0.1, -0.05) is 35.3 Å². The van der Waals surface area contributed by atoms with Crippen molar-refractivity contribution in [3.8, 4) is 5.69 Å². The van der Waals surface area contributed by atoms with Gasteiger partial charge in [0.15, 0.2) is 11.6 Å². The van der Waals surface area contributed by atoms with Crippen molar-refractivity contribution in [2.75, 3.05) is 14.1 Å². The van der Waals surface area contributed by atoms with Gasteiger partial charge in [0.25, 0.3) is 0 Å². The second-order valence-electron chi connectivity index (χ2n) is 6.22. The standard InChI is InChI=1S/C19H18Cl2N4O2/c1-24(2)10-18-22-17(11-26)23-25(18)16-8-7-12(20)9-14(16)19(27)13-5-3-4-6-15(13)21/h3-9,26H,10-11H2,1-2H3. The van der Waals surface area contributed by atoms with E-state index in [2.05, 4.69) is 10.1 Å². The Bertz CT molecular complexity index is 986. The third-order valence-corrected chi connectivity index (χ3v) is 4.43. The molecule has 3 rings (SSSR count). The fraction of sp³-hybridized carbons (Fsp3) is 0.211. The van der Waals surface area contributed by atoms with Crippen LogP contribution in [0.1, 0.15) is 27.6 Å². The number of aliphatic hydroxyl groups excluding tert-OH is 1. The first-order valence-electron chi connectivity index (χ1n) is 8.20. The van der Waals surface area contributed by atoms with Crippen LogP contribution in [0.25, 0.3) is 5.69 Å². The molecule has 0 atom stereocenters. The Morgan fingerprint density at radius 3 is 2.56 bits per heavy atom. The number of carbonyl (C=O) groups is 1. The maximum atomic E-state index is 13.2. The van der Waals surface area contributed by atoms with Crippen molar-refractivity contribution in [2.45, 2.75) is 13.2 Å². The Morgan fingerprint density at radius 1 is 1.15 bits per heavy atom. The zero-order valence-electron chi connectivity index (χ0n) is 14.9. The van der Waals surface area contributed by atoms with Gasteiger partial charge in [-0.2, -0.15) is 0 Å². The Balaban J connectivity index is 2.17. The molecule has 0 unspecified atom stereocenters. The quantitative estimate of drug-likeness (QED) is 0.637. The number of benzene rings is 2. The number of aliphatic hydroxyl groups is 1. The Hall–Kier alpha value is -2.25. The molecule has 8 heteroatoms. The van der Waals surface area contributed by atoms with Crippen LogP contribution in [0.4, 0.5) is 0 Å². The third kappa shape index (κ3) is 4.20. The summed E-state index contributed by atoms with van der Waals surface area (Å²) in [5.74, 6) is 0.604. The van der Waals surface area contributed by atoms with Crippen molar-refractivity contribution < 1.29 is 9.90 Å². The summed E-state index contributed by atoms with van der Waals surface area (Å²) in [6.45, 7) is 0.185. The van der Waals surface area contributed by atoms with Crippen molar-refractivity contribution in [1.82, 2.24) is 19.7 Å². The molecule has 1 N–H and O–H groups in total. The highest BCUT2D eigenvalue weighted by molar-refractivity contribution is 6.35. The maximum Gasteiger partial charge on any atom is 0.196 e. The highest BCUT2D eigenvalue weighted by atomic mass is 35.5. The number of aromatic nitrogens is 3. The minimum absolute atomic E-state index is 0.269. The molecule has 1 aromatic heterocycles. The molecule has 0 aliphatic carbocycles. The summed E-state index contributed by atoms with van der Waals surface area (Å²) < 4.78 is 1.56. The number of hydrogen-bond acceptors (Lipinski definition) is 5. The fourth-order valence-electron chi connectivity index (χ4n) is 2.70. The van der Waals surface area contributed by atoms with Gasteiger partial charge in [-0.3, -0.25) is 4.79 Å². The lowest BCUT2D eigenvalue weighted by atomic mass is 10.0. The van der Waals surface area contributed by atoms with Gasteiger partial charge < -0.3 is 10.0 Å². The molecule has 0 bridgehead atoms. The summed E-state index contributed by atoms with van der Waals surface area (Å²) in [4.78, 5) is 19.4. The van der Waals surface area contributed by atoms with Gasteiger partial charge in [0.05, 0.1) is 17.3 Å². The molecular weight excluding hydrogens is 387 g/mol. The van der Waals surface area contributed by atoms with Gasteiger partial charge >= 0.3 is 0 Å². The highest BCUT2D eigenvalue weighted by Crippen LogP contribution is 2.26. The predicted molar refractivity (Wildman–Crippen MR) is 105 cm³/mol. The predicted octanol–water partition coefficient (Wildman–Crippen LogP) is 3.36. The number of ketones is 1. The minimum atomic E-state index is -0.297. The molecule has 1 heterocycles. The SMILES string of the molecule is CN(C)Cc1nc(CO)nn1-c1ccc(Cl)cc1C(=O)c1ccccc1Cl. The van der Waals surface area contributed by atoms with E-state index in [0.717, 1.165) is 0 Å². The first-order valence-corrected chi connectivity index (χ1v) is 8.96. The van der Waals surface area contributed by atoms with E-state index in [0.29, 0.717) is 39.2 Å². The van der Waals surface area contributed by atoms with Crippen molar-refractivity contribution >= 4 is 29.0 Å². The molecule has 0 fully saturated rings. The van der Waals surface area contributed by atoms with Gasteiger partial charge in [-0.15, -0.1) is 5.10 Å². The molecule has 0 radical (unpaired) electrons. The highest BCUT2D eigenvalue weighted by Gasteiger charge is 2.21. The Kier molecular flexibility index (Phi) is 5.92. The molecule has 2 aromatic carbocycles. The number of halogens is 2. The molecule has 0 saturated heterocycles. The van der Waals surface area contributed by atoms with Gasteiger partial charge in [0.2, 0.25) is 0 Å². The first kappa shape index (κ1) is 19.5. The maximum absolute atomic E-state index is 13.2. The largest absolute Gasteiger partial charge is 0.388 e. The minimum Gasteiger partial charge on any atom is -0.388 e. The number of carbonyl (C=O) groups excluding carboxylic acids is 1. The van der Waals surface area contributed by atoms with Gasteiger partial charge in [-0.05, 0) is 44.4 Å². The van der Waals surface area contributed by atoms with Crippen LogP contribution in [0, 0.1) is 0 Å². The Labute approximate surface area is 167 Å². The molecule has 3 aromatic rings. The zero-order valence-corrected chi connectivity index (χ0v) is 16.4. The average Bonchev–Trinajstić information content (AvgIpc) is 3.03. The van der Waals surface area contributed by atoms with E-state index in [4.69, 9.17) is 23.2 Å². The Morgan fingerprint density at radius 2 is 1.89 bits per heavy atom. The number of nitrogens with zero attached hydrogens (tertiary/aromatic N) is 4. The van der Waals surface area contributed by atoms with Crippen LogP contribution in [-0.2, 0) is 13.2 Å². The van der Waals surface area contributed by atoms with Crippen molar-refractivity contribution in [3.05, 3.63) is 75.3 Å². The second-order valence-corrected chi connectivity index (χ2v) is 7.07. The number of hydrogen-bond donors (Lipinski definition) is 1. The van der Waals surface area contributed by atoms with E-state index < -0.39 is 0 Å². The molecule has 6 nitrogen and oxygen atoms in total. The molecule has 0 aliphatic rings. The zero-order chi connectivity index (χ0) is 19.6. The smallest absolute Gasteiger partial charge is 0.196 e. The normalized spacial score (nSPS) is 11.2. The van der Waals surface area contributed by atoms with E-state index in [-0.39, 0.29) is 18.2 Å². The van der Waals surface area contributed by atoms with Crippen molar-refractivity contribution in [1.29, 1.82) is 0 Å². The second kappa shape index (κ2) is 8.19. The third-order valence-electron chi connectivity index (χ3n) is 3.87. The lowest BCUT2D eigenvalue weighted by Crippen LogP contribution is -2.17. The van der Waals surface area contributed by atoms with E-state index in [1.807, 2.05) is 19.0 Å². The van der Waals surface area contributed by atoms with Crippen LogP contribution >= 0.6 is 23.2 Å². The van der Waals surface area contributed by atoms with Gasteiger partial charge in [0.1, 0.15) is 12.4 Å². The van der Waals surface area contributed by atoms with Crippen LogP contribution in [0.15, 0.2) is 42.5 Å².